The summed E-state index contributed by atoms with van der Waals surface area (Å²) >= 11 is 1.42. The summed E-state index contributed by atoms with van der Waals surface area (Å²) in [6.07, 6.45) is 5.08. The normalized spacial score (nSPS) is 10.2. The van der Waals surface area contributed by atoms with E-state index in [1.807, 2.05) is 17.5 Å². The number of carbonyl (C=O) groups excluding carboxylic acids is 1. The van der Waals surface area contributed by atoms with Crippen molar-refractivity contribution in [1.82, 2.24) is 15.3 Å². The van der Waals surface area contributed by atoms with E-state index in [1.165, 1.54) is 11.3 Å². The molecule has 1 N–H and O–H groups in total. The van der Waals surface area contributed by atoms with Gasteiger partial charge in [0.25, 0.3) is 11.1 Å². The van der Waals surface area contributed by atoms with E-state index in [0.717, 1.165) is 5.56 Å². The standard InChI is InChI=1S/C16H13N3O2S/c20-15(19-11-12-5-7-17-8-6-12)13-1-3-14(4-2-13)21-16-18-9-10-22-16/h1-10H,11H2,(H,19,20). The Kier molecular flexibility index (Phi) is 4.41. The first kappa shape index (κ1) is 14.2. The Hall–Kier alpha value is -2.73. The topological polar surface area (TPSA) is 64.1 Å². The van der Waals surface area contributed by atoms with Crippen LogP contribution in [0.25, 0.3) is 0 Å². The van der Waals surface area contributed by atoms with Gasteiger partial charge in [0.1, 0.15) is 5.75 Å². The van der Waals surface area contributed by atoms with Crippen LogP contribution in [-0.4, -0.2) is 15.9 Å². The van der Waals surface area contributed by atoms with Crippen LogP contribution in [0.4, 0.5) is 0 Å². The number of rotatable bonds is 5. The number of aromatic nitrogens is 2. The van der Waals surface area contributed by atoms with Gasteiger partial charge < -0.3 is 10.1 Å². The minimum absolute atomic E-state index is 0.127. The van der Waals surface area contributed by atoms with Gasteiger partial charge in [0.2, 0.25) is 0 Å². The van der Waals surface area contributed by atoms with Crippen molar-refractivity contribution in [2.24, 2.45) is 0 Å². The SMILES string of the molecule is O=C(NCc1ccncc1)c1ccc(Oc2nccs2)cc1. The molecule has 0 aliphatic rings. The fourth-order valence-electron chi connectivity index (χ4n) is 1.82. The summed E-state index contributed by atoms with van der Waals surface area (Å²) in [6, 6.07) is 10.7. The van der Waals surface area contributed by atoms with Crippen LogP contribution in [0.5, 0.6) is 10.9 Å². The number of thiazole rings is 1. The number of carbonyl (C=O) groups is 1. The maximum Gasteiger partial charge on any atom is 0.278 e. The molecule has 0 radical (unpaired) electrons. The first-order valence-corrected chi connectivity index (χ1v) is 7.54. The molecule has 3 aromatic rings. The number of pyridine rings is 1. The summed E-state index contributed by atoms with van der Waals surface area (Å²) in [5, 5.41) is 5.28. The largest absolute Gasteiger partial charge is 0.431 e. The molecule has 2 aromatic heterocycles. The van der Waals surface area contributed by atoms with E-state index in [0.29, 0.717) is 23.1 Å². The third-order valence-corrected chi connectivity index (χ3v) is 3.58. The predicted molar refractivity (Wildman–Crippen MR) is 84.0 cm³/mol. The Labute approximate surface area is 131 Å². The molecular formula is C16H13N3O2S. The summed E-state index contributed by atoms with van der Waals surface area (Å²) in [7, 11) is 0. The van der Waals surface area contributed by atoms with Gasteiger partial charge in [-0.1, -0.05) is 11.3 Å². The molecule has 2 heterocycles. The van der Waals surface area contributed by atoms with E-state index in [-0.39, 0.29) is 5.91 Å². The zero-order valence-electron chi connectivity index (χ0n) is 11.6. The number of hydrogen-bond donors (Lipinski definition) is 1. The maximum atomic E-state index is 12.1. The number of nitrogens with zero attached hydrogens (tertiary/aromatic N) is 2. The molecule has 1 aromatic carbocycles. The van der Waals surface area contributed by atoms with Gasteiger partial charge in [-0.25, -0.2) is 4.98 Å². The lowest BCUT2D eigenvalue weighted by Gasteiger charge is -2.06. The predicted octanol–water partition coefficient (Wildman–Crippen LogP) is 3.26. The van der Waals surface area contributed by atoms with Crippen LogP contribution in [0, 0.1) is 0 Å². The summed E-state index contributed by atoms with van der Waals surface area (Å²) in [5.74, 6) is 0.526. The second-order valence-corrected chi connectivity index (χ2v) is 5.32. The van der Waals surface area contributed by atoms with Crippen molar-refractivity contribution in [3.05, 3.63) is 71.5 Å². The third-order valence-electron chi connectivity index (χ3n) is 2.93. The lowest BCUT2D eigenvalue weighted by atomic mass is 10.2. The van der Waals surface area contributed by atoms with Gasteiger partial charge >= 0.3 is 0 Å². The highest BCUT2D eigenvalue weighted by Crippen LogP contribution is 2.23. The lowest BCUT2D eigenvalue weighted by molar-refractivity contribution is 0.0951. The van der Waals surface area contributed by atoms with E-state index in [2.05, 4.69) is 15.3 Å². The molecule has 0 aliphatic heterocycles. The van der Waals surface area contributed by atoms with Gasteiger partial charge in [0.15, 0.2) is 0 Å². The quantitative estimate of drug-likeness (QED) is 0.785. The van der Waals surface area contributed by atoms with Gasteiger partial charge in [-0.2, -0.15) is 0 Å². The first-order chi connectivity index (χ1) is 10.8. The number of ether oxygens (including phenoxy) is 1. The molecule has 0 fully saturated rings. The fraction of sp³-hybridized carbons (Fsp3) is 0.0625. The highest BCUT2D eigenvalue weighted by atomic mass is 32.1. The number of nitrogens with one attached hydrogen (secondary N) is 1. The molecule has 5 nitrogen and oxygen atoms in total. The molecule has 0 atom stereocenters. The summed E-state index contributed by atoms with van der Waals surface area (Å²) in [6.45, 7) is 0.471. The molecular weight excluding hydrogens is 298 g/mol. The molecule has 0 saturated heterocycles. The fourth-order valence-corrected chi connectivity index (χ4v) is 2.33. The zero-order chi connectivity index (χ0) is 15.2. The van der Waals surface area contributed by atoms with Crippen LogP contribution in [0.2, 0.25) is 0 Å². The monoisotopic (exact) mass is 311 g/mol. The zero-order valence-corrected chi connectivity index (χ0v) is 12.4. The second kappa shape index (κ2) is 6.82. The van der Waals surface area contributed by atoms with Gasteiger partial charge in [-0.15, -0.1) is 0 Å². The van der Waals surface area contributed by atoms with Crippen LogP contribution >= 0.6 is 11.3 Å². The van der Waals surface area contributed by atoms with Crippen LogP contribution in [0.15, 0.2) is 60.4 Å². The molecule has 0 aliphatic carbocycles. The smallest absolute Gasteiger partial charge is 0.278 e. The number of hydrogen-bond acceptors (Lipinski definition) is 5. The molecule has 0 saturated carbocycles. The van der Waals surface area contributed by atoms with Gasteiger partial charge in [0, 0.05) is 36.1 Å². The van der Waals surface area contributed by atoms with Crippen molar-refractivity contribution in [3.8, 4) is 10.9 Å². The van der Waals surface area contributed by atoms with Crippen LogP contribution in [0.1, 0.15) is 15.9 Å². The van der Waals surface area contributed by atoms with Gasteiger partial charge in [0.05, 0.1) is 0 Å². The van der Waals surface area contributed by atoms with E-state index in [1.54, 1.807) is 42.9 Å². The Morgan fingerprint density at radius 1 is 1.09 bits per heavy atom. The average Bonchev–Trinajstić information content (AvgIpc) is 3.07. The van der Waals surface area contributed by atoms with Crippen LogP contribution in [-0.2, 0) is 6.54 Å². The first-order valence-electron chi connectivity index (χ1n) is 6.66. The highest BCUT2D eigenvalue weighted by Gasteiger charge is 2.06. The Balaban J connectivity index is 1.59. The summed E-state index contributed by atoms with van der Waals surface area (Å²) in [4.78, 5) is 20.1. The molecule has 110 valence electrons. The summed E-state index contributed by atoms with van der Waals surface area (Å²) in [5.41, 5.74) is 1.59. The van der Waals surface area contributed by atoms with Crippen molar-refractivity contribution in [3.63, 3.8) is 0 Å². The molecule has 3 rings (SSSR count). The van der Waals surface area contributed by atoms with Crippen molar-refractivity contribution in [1.29, 1.82) is 0 Å². The molecule has 0 unspecified atom stereocenters. The van der Waals surface area contributed by atoms with E-state index in [4.69, 9.17) is 4.74 Å². The molecule has 22 heavy (non-hydrogen) atoms. The van der Waals surface area contributed by atoms with Crippen molar-refractivity contribution >= 4 is 17.2 Å². The number of amides is 1. The minimum Gasteiger partial charge on any atom is -0.431 e. The highest BCUT2D eigenvalue weighted by molar-refractivity contribution is 7.11. The van der Waals surface area contributed by atoms with Gasteiger partial charge in [-0.05, 0) is 42.0 Å². The van der Waals surface area contributed by atoms with E-state index >= 15 is 0 Å². The van der Waals surface area contributed by atoms with Crippen LogP contribution < -0.4 is 10.1 Å². The lowest BCUT2D eigenvalue weighted by Crippen LogP contribution is -2.22. The van der Waals surface area contributed by atoms with Crippen LogP contribution in [0.3, 0.4) is 0 Å². The second-order valence-electron chi connectivity index (χ2n) is 4.46. The Morgan fingerprint density at radius 2 is 1.86 bits per heavy atom. The molecule has 0 bridgehead atoms. The average molecular weight is 311 g/mol. The van der Waals surface area contributed by atoms with E-state index < -0.39 is 0 Å². The molecule has 1 amide bonds. The van der Waals surface area contributed by atoms with Crippen molar-refractivity contribution < 1.29 is 9.53 Å². The Bertz CT molecular complexity index is 728. The van der Waals surface area contributed by atoms with E-state index in [9.17, 15) is 4.79 Å². The minimum atomic E-state index is -0.127. The van der Waals surface area contributed by atoms with Gasteiger partial charge in [-0.3, -0.25) is 9.78 Å². The molecule has 0 spiro atoms. The summed E-state index contributed by atoms with van der Waals surface area (Å²) < 4.78 is 5.55. The van der Waals surface area contributed by atoms with Crippen molar-refractivity contribution in [2.75, 3.05) is 0 Å². The maximum absolute atomic E-state index is 12.1. The van der Waals surface area contributed by atoms with Crippen molar-refractivity contribution in [2.45, 2.75) is 6.54 Å². The number of benzene rings is 1. The Morgan fingerprint density at radius 3 is 2.55 bits per heavy atom. The molecule has 6 heteroatoms. The third kappa shape index (κ3) is 3.67.